The van der Waals surface area contributed by atoms with E-state index < -0.39 is 0 Å². The number of hydrogen-bond acceptors (Lipinski definition) is 4. The molecular weight excluding hydrogens is 318 g/mol. The number of hydrogen-bond donors (Lipinski definition) is 1. The van der Waals surface area contributed by atoms with E-state index in [-0.39, 0.29) is 18.6 Å². The molecule has 0 radical (unpaired) electrons. The molecule has 5 heteroatoms. The van der Waals surface area contributed by atoms with Crippen LogP contribution in [0.4, 0.5) is 0 Å². The minimum Gasteiger partial charge on any atom is -0.496 e. The molecule has 2 aromatic carbocycles. The third-order valence-electron chi connectivity index (χ3n) is 3.65. The van der Waals surface area contributed by atoms with Crippen LogP contribution in [-0.2, 0) is 4.79 Å². The predicted octanol–water partition coefficient (Wildman–Crippen LogP) is 3.74. The summed E-state index contributed by atoms with van der Waals surface area (Å²) in [6.45, 7) is 4.48. The molecule has 0 fully saturated rings. The molecule has 25 heavy (non-hydrogen) atoms. The zero-order valence-corrected chi connectivity index (χ0v) is 15.0. The van der Waals surface area contributed by atoms with Gasteiger partial charge < -0.3 is 19.5 Å². The number of benzene rings is 2. The fourth-order valence-corrected chi connectivity index (χ4v) is 2.43. The van der Waals surface area contributed by atoms with E-state index >= 15 is 0 Å². The molecule has 0 heterocycles. The summed E-state index contributed by atoms with van der Waals surface area (Å²) in [6.07, 6.45) is 0.908. The van der Waals surface area contributed by atoms with E-state index in [1.54, 1.807) is 13.2 Å². The molecule has 1 N–H and O–H groups in total. The van der Waals surface area contributed by atoms with Crippen LogP contribution in [0.2, 0.25) is 0 Å². The van der Waals surface area contributed by atoms with Gasteiger partial charge in [0, 0.05) is 5.56 Å². The number of ether oxygens (including phenoxy) is 3. The summed E-state index contributed by atoms with van der Waals surface area (Å²) in [5.74, 6) is 1.75. The van der Waals surface area contributed by atoms with E-state index in [9.17, 15) is 4.79 Å². The van der Waals surface area contributed by atoms with Gasteiger partial charge in [-0.25, -0.2) is 0 Å². The number of para-hydroxylation sites is 3. The van der Waals surface area contributed by atoms with Crippen LogP contribution < -0.4 is 19.5 Å². The van der Waals surface area contributed by atoms with E-state index in [4.69, 9.17) is 14.2 Å². The quantitative estimate of drug-likeness (QED) is 0.753. The lowest BCUT2D eigenvalue weighted by molar-refractivity contribution is -0.123. The highest BCUT2D eigenvalue weighted by Crippen LogP contribution is 2.27. The summed E-state index contributed by atoms with van der Waals surface area (Å²) in [6, 6.07) is 14.8. The molecule has 1 atom stereocenters. The Bertz CT molecular complexity index is 687. The van der Waals surface area contributed by atoms with Crippen molar-refractivity contribution in [2.24, 2.45) is 0 Å². The maximum atomic E-state index is 12.2. The molecular formula is C20H25NO4. The third-order valence-corrected chi connectivity index (χ3v) is 3.65. The molecule has 134 valence electrons. The number of rotatable bonds is 9. The smallest absolute Gasteiger partial charge is 0.258 e. The summed E-state index contributed by atoms with van der Waals surface area (Å²) in [5, 5.41) is 2.92. The van der Waals surface area contributed by atoms with E-state index in [0.717, 1.165) is 17.7 Å². The van der Waals surface area contributed by atoms with Gasteiger partial charge in [0.25, 0.3) is 5.91 Å². The van der Waals surface area contributed by atoms with Gasteiger partial charge in [-0.15, -0.1) is 0 Å². The van der Waals surface area contributed by atoms with E-state index in [1.165, 1.54) is 0 Å². The Labute approximate surface area is 148 Å². The van der Waals surface area contributed by atoms with Crippen LogP contribution in [0.15, 0.2) is 48.5 Å². The van der Waals surface area contributed by atoms with Gasteiger partial charge in [-0.3, -0.25) is 4.79 Å². The SMILES string of the molecule is CCCOc1ccccc1OCC(=O)NC(C)c1ccccc1OC. The normalized spacial score (nSPS) is 11.5. The van der Waals surface area contributed by atoms with E-state index in [2.05, 4.69) is 5.32 Å². The van der Waals surface area contributed by atoms with Crippen molar-refractivity contribution in [3.8, 4) is 17.2 Å². The number of amides is 1. The van der Waals surface area contributed by atoms with Gasteiger partial charge in [0.15, 0.2) is 18.1 Å². The minimum atomic E-state index is -0.205. The monoisotopic (exact) mass is 343 g/mol. The maximum absolute atomic E-state index is 12.2. The van der Waals surface area contributed by atoms with Crippen molar-refractivity contribution in [2.45, 2.75) is 26.3 Å². The van der Waals surface area contributed by atoms with E-state index in [0.29, 0.717) is 18.1 Å². The second kappa shape index (κ2) is 9.57. The third kappa shape index (κ3) is 5.41. The van der Waals surface area contributed by atoms with Gasteiger partial charge in [-0.2, -0.15) is 0 Å². The van der Waals surface area contributed by atoms with Crippen molar-refractivity contribution in [3.63, 3.8) is 0 Å². The Kier molecular flexibility index (Phi) is 7.14. The van der Waals surface area contributed by atoms with Crippen LogP contribution in [0.1, 0.15) is 31.9 Å². The second-order valence-electron chi connectivity index (χ2n) is 5.62. The Morgan fingerprint density at radius 2 is 1.60 bits per heavy atom. The molecule has 1 unspecified atom stereocenters. The first-order valence-electron chi connectivity index (χ1n) is 8.42. The minimum absolute atomic E-state index is 0.0774. The Hall–Kier alpha value is -2.69. The average molecular weight is 343 g/mol. The fourth-order valence-electron chi connectivity index (χ4n) is 2.43. The highest BCUT2D eigenvalue weighted by Gasteiger charge is 2.14. The van der Waals surface area contributed by atoms with Gasteiger partial charge >= 0.3 is 0 Å². The lowest BCUT2D eigenvalue weighted by atomic mass is 10.1. The predicted molar refractivity (Wildman–Crippen MR) is 97.3 cm³/mol. The number of methoxy groups -OCH3 is 1. The van der Waals surface area contributed by atoms with Crippen molar-refractivity contribution in [1.29, 1.82) is 0 Å². The zero-order valence-electron chi connectivity index (χ0n) is 15.0. The van der Waals surface area contributed by atoms with Crippen LogP contribution >= 0.6 is 0 Å². The first kappa shape index (κ1) is 18.6. The molecule has 0 aliphatic heterocycles. The lowest BCUT2D eigenvalue weighted by Gasteiger charge is -2.18. The van der Waals surface area contributed by atoms with Crippen molar-refractivity contribution < 1.29 is 19.0 Å². The van der Waals surface area contributed by atoms with Crippen molar-refractivity contribution in [3.05, 3.63) is 54.1 Å². The Morgan fingerprint density at radius 3 is 2.24 bits per heavy atom. The lowest BCUT2D eigenvalue weighted by Crippen LogP contribution is -2.31. The van der Waals surface area contributed by atoms with Crippen LogP contribution in [0.3, 0.4) is 0 Å². The van der Waals surface area contributed by atoms with Crippen molar-refractivity contribution >= 4 is 5.91 Å². The summed E-state index contributed by atoms with van der Waals surface area (Å²) >= 11 is 0. The molecule has 0 saturated carbocycles. The largest absolute Gasteiger partial charge is 0.496 e. The average Bonchev–Trinajstić information content (AvgIpc) is 2.65. The molecule has 0 saturated heterocycles. The van der Waals surface area contributed by atoms with Crippen LogP contribution in [0.5, 0.6) is 17.2 Å². The van der Waals surface area contributed by atoms with Crippen LogP contribution in [0.25, 0.3) is 0 Å². The highest BCUT2D eigenvalue weighted by atomic mass is 16.5. The molecule has 0 spiro atoms. The Morgan fingerprint density at radius 1 is 1.00 bits per heavy atom. The molecule has 1 amide bonds. The molecule has 0 aromatic heterocycles. The molecule has 5 nitrogen and oxygen atoms in total. The van der Waals surface area contributed by atoms with E-state index in [1.807, 2.05) is 56.3 Å². The fraction of sp³-hybridized carbons (Fsp3) is 0.350. The summed E-state index contributed by atoms with van der Waals surface area (Å²) in [7, 11) is 1.61. The standard InChI is InChI=1S/C20H25NO4/c1-4-13-24-18-11-7-8-12-19(18)25-14-20(22)21-15(2)16-9-5-6-10-17(16)23-3/h5-12,15H,4,13-14H2,1-3H3,(H,21,22). The highest BCUT2D eigenvalue weighted by molar-refractivity contribution is 5.78. The van der Waals surface area contributed by atoms with Crippen molar-refractivity contribution in [1.82, 2.24) is 5.32 Å². The molecule has 2 rings (SSSR count). The topological polar surface area (TPSA) is 56.8 Å². The Balaban J connectivity index is 1.93. The first-order chi connectivity index (χ1) is 12.2. The van der Waals surface area contributed by atoms with Crippen molar-refractivity contribution in [2.75, 3.05) is 20.3 Å². The summed E-state index contributed by atoms with van der Waals surface area (Å²) in [5.41, 5.74) is 0.921. The van der Waals surface area contributed by atoms with Crippen LogP contribution in [0, 0.1) is 0 Å². The van der Waals surface area contributed by atoms with Gasteiger partial charge in [0.05, 0.1) is 19.8 Å². The number of nitrogens with one attached hydrogen (secondary N) is 1. The van der Waals surface area contributed by atoms with Gasteiger partial charge in [-0.1, -0.05) is 37.3 Å². The first-order valence-corrected chi connectivity index (χ1v) is 8.42. The zero-order chi connectivity index (χ0) is 18.1. The van der Waals surface area contributed by atoms with Gasteiger partial charge in [0.2, 0.25) is 0 Å². The van der Waals surface area contributed by atoms with Crippen LogP contribution in [-0.4, -0.2) is 26.2 Å². The molecule has 0 bridgehead atoms. The molecule has 0 aliphatic rings. The molecule has 0 aliphatic carbocycles. The number of carbonyl (C=O) groups excluding carboxylic acids is 1. The second-order valence-corrected chi connectivity index (χ2v) is 5.62. The van der Waals surface area contributed by atoms with Gasteiger partial charge in [0.1, 0.15) is 5.75 Å². The summed E-state index contributed by atoms with van der Waals surface area (Å²) in [4.78, 5) is 12.2. The van der Waals surface area contributed by atoms with Gasteiger partial charge in [-0.05, 0) is 31.5 Å². The number of carbonyl (C=O) groups is 1. The maximum Gasteiger partial charge on any atom is 0.258 e. The summed E-state index contributed by atoms with van der Waals surface area (Å²) < 4.78 is 16.6. The molecule has 2 aromatic rings.